The molecule has 19 heavy (non-hydrogen) atoms. The van der Waals surface area contributed by atoms with Crippen molar-refractivity contribution in [1.82, 2.24) is 4.90 Å². The molecular weight excluding hydrogens is 242 g/mol. The van der Waals surface area contributed by atoms with Gasteiger partial charge in [-0.2, -0.15) is 0 Å². The Balaban J connectivity index is 2.41. The molecule has 106 valence electrons. The molecule has 4 nitrogen and oxygen atoms in total. The van der Waals surface area contributed by atoms with Gasteiger partial charge >= 0.3 is 5.97 Å². The van der Waals surface area contributed by atoms with E-state index in [9.17, 15) is 4.79 Å². The monoisotopic (exact) mass is 265 g/mol. The van der Waals surface area contributed by atoms with Gasteiger partial charge in [0.25, 0.3) is 0 Å². The van der Waals surface area contributed by atoms with E-state index in [0.29, 0.717) is 18.4 Å². The summed E-state index contributed by atoms with van der Waals surface area (Å²) in [5.74, 6) is -0.203. The molecule has 0 heterocycles. The molecule has 0 unspecified atom stereocenters. The zero-order valence-electron chi connectivity index (χ0n) is 11.9. The third-order valence-corrected chi connectivity index (χ3v) is 2.99. The molecule has 0 atom stereocenters. The van der Waals surface area contributed by atoms with Gasteiger partial charge in [-0.25, -0.2) is 4.79 Å². The predicted octanol–water partition coefficient (Wildman–Crippen LogP) is 2.88. The Kier molecular flexibility index (Phi) is 6.36. The predicted molar refractivity (Wildman–Crippen MR) is 75.9 cm³/mol. The molecule has 4 heteroatoms. The van der Waals surface area contributed by atoms with E-state index in [0.717, 1.165) is 19.5 Å². The Hall–Kier alpha value is -1.55. The molecule has 0 saturated heterocycles. The smallest absolute Gasteiger partial charge is 0.335 e. The highest BCUT2D eigenvalue weighted by atomic mass is 16.5. The maximum absolute atomic E-state index is 10.7. The van der Waals surface area contributed by atoms with Crippen LogP contribution in [0.2, 0.25) is 0 Å². The number of hydrogen-bond acceptors (Lipinski definition) is 3. The van der Waals surface area contributed by atoms with Crippen molar-refractivity contribution < 1.29 is 14.6 Å². The van der Waals surface area contributed by atoms with Gasteiger partial charge in [-0.15, -0.1) is 0 Å². The minimum atomic E-state index is -0.916. The van der Waals surface area contributed by atoms with Crippen LogP contribution in [0.4, 0.5) is 0 Å². The Morgan fingerprint density at radius 3 is 2.37 bits per heavy atom. The first-order valence-corrected chi connectivity index (χ1v) is 6.74. The lowest BCUT2D eigenvalue weighted by molar-refractivity contribution is 0.0697. The van der Waals surface area contributed by atoms with E-state index in [-0.39, 0.29) is 5.56 Å². The number of nitrogens with zero attached hydrogens (tertiary/aromatic N) is 1. The normalized spacial score (nSPS) is 11.0. The molecule has 0 fully saturated rings. The van der Waals surface area contributed by atoms with Gasteiger partial charge < -0.3 is 9.84 Å². The molecule has 0 saturated carbocycles. The van der Waals surface area contributed by atoms with Crippen LogP contribution in [-0.4, -0.2) is 41.7 Å². The molecule has 0 bridgehead atoms. The second-order valence-corrected chi connectivity index (χ2v) is 4.81. The highest BCUT2D eigenvalue weighted by molar-refractivity contribution is 5.87. The number of benzene rings is 1. The van der Waals surface area contributed by atoms with Crippen molar-refractivity contribution in [2.45, 2.75) is 33.2 Å². The highest BCUT2D eigenvalue weighted by Gasteiger charge is 2.08. The van der Waals surface area contributed by atoms with Crippen molar-refractivity contribution in [2.24, 2.45) is 0 Å². The average Bonchev–Trinajstić information content (AvgIpc) is 2.38. The maximum Gasteiger partial charge on any atom is 0.335 e. The van der Waals surface area contributed by atoms with Gasteiger partial charge in [0.1, 0.15) is 12.4 Å². The molecule has 1 rings (SSSR count). The summed E-state index contributed by atoms with van der Waals surface area (Å²) in [5, 5.41) is 8.80. The lowest BCUT2D eigenvalue weighted by atomic mass is 10.2. The van der Waals surface area contributed by atoms with E-state index in [1.165, 1.54) is 0 Å². The number of rotatable bonds is 8. The fourth-order valence-corrected chi connectivity index (χ4v) is 1.89. The lowest BCUT2D eigenvalue weighted by Crippen LogP contribution is -2.35. The van der Waals surface area contributed by atoms with Crippen LogP contribution in [0.5, 0.6) is 5.75 Å². The minimum Gasteiger partial charge on any atom is -0.492 e. The molecule has 1 aromatic carbocycles. The molecular formula is C15H23NO3. The zero-order chi connectivity index (χ0) is 14.3. The number of carboxylic acid groups (broad SMARTS) is 1. The van der Waals surface area contributed by atoms with Gasteiger partial charge in [-0.1, -0.05) is 6.92 Å². The van der Waals surface area contributed by atoms with Crippen LogP contribution in [0.3, 0.4) is 0 Å². The van der Waals surface area contributed by atoms with E-state index >= 15 is 0 Å². The quantitative estimate of drug-likeness (QED) is 0.785. The Bertz CT molecular complexity index is 387. The van der Waals surface area contributed by atoms with Crippen molar-refractivity contribution in [3.05, 3.63) is 29.8 Å². The number of hydrogen-bond donors (Lipinski definition) is 1. The highest BCUT2D eigenvalue weighted by Crippen LogP contribution is 2.12. The summed E-state index contributed by atoms with van der Waals surface area (Å²) in [7, 11) is 0. The summed E-state index contributed by atoms with van der Waals surface area (Å²) in [6.45, 7) is 9.09. The fourth-order valence-electron chi connectivity index (χ4n) is 1.89. The average molecular weight is 265 g/mol. The van der Waals surface area contributed by atoms with Crippen molar-refractivity contribution in [1.29, 1.82) is 0 Å². The minimum absolute atomic E-state index is 0.280. The van der Waals surface area contributed by atoms with Crippen LogP contribution in [0.25, 0.3) is 0 Å². The third-order valence-electron chi connectivity index (χ3n) is 2.99. The largest absolute Gasteiger partial charge is 0.492 e. The van der Waals surface area contributed by atoms with Crippen molar-refractivity contribution >= 4 is 5.97 Å². The van der Waals surface area contributed by atoms with Crippen LogP contribution in [0.1, 0.15) is 37.6 Å². The third kappa shape index (κ3) is 5.30. The molecule has 0 aromatic heterocycles. The van der Waals surface area contributed by atoms with Gasteiger partial charge in [-0.3, -0.25) is 4.90 Å². The Morgan fingerprint density at radius 1 is 1.26 bits per heavy atom. The molecule has 1 aromatic rings. The molecule has 0 spiro atoms. The topological polar surface area (TPSA) is 49.8 Å². The van der Waals surface area contributed by atoms with Crippen LogP contribution < -0.4 is 4.74 Å². The molecule has 1 N–H and O–H groups in total. The summed E-state index contributed by atoms with van der Waals surface area (Å²) in [6, 6.07) is 7.03. The van der Waals surface area contributed by atoms with Gasteiger partial charge in [0.15, 0.2) is 0 Å². The standard InChI is InChI=1S/C15H23NO3/c1-4-9-16(12(2)3)10-11-19-14-7-5-13(6-8-14)15(17)18/h5-8,12H,4,9-11H2,1-3H3,(H,17,18). The SMILES string of the molecule is CCCN(CCOc1ccc(C(=O)O)cc1)C(C)C. The summed E-state index contributed by atoms with van der Waals surface area (Å²) in [6.07, 6.45) is 1.13. The second kappa shape index (κ2) is 7.79. The first-order chi connectivity index (χ1) is 9.04. The van der Waals surface area contributed by atoms with E-state index in [2.05, 4.69) is 25.7 Å². The van der Waals surface area contributed by atoms with Crippen molar-refractivity contribution in [2.75, 3.05) is 19.7 Å². The van der Waals surface area contributed by atoms with Crippen LogP contribution in [0.15, 0.2) is 24.3 Å². The summed E-state index contributed by atoms with van der Waals surface area (Å²) < 4.78 is 5.63. The van der Waals surface area contributed by atoms with E-state index < -0.39 is 5.97 Å². The van der Waals surface area contributed by atoms with Crippen LogP contribution in [-0.2, 0) is 0 Å². The number of aromatic carboxylic acids is 1. The summed E-state index contributed by atoms with van der Waals surface area (Å²) in [4.78, 5) is 13.1. The number of ether oxygens (including phenoxy) is 1. The molecule has 0 aliphatic carbocycles. The first-order valence-electron chi connectivity index (χ1n) is 6.74. The molecule has 0 aliphatic heterocycles. The van der Waals surface area contributed by atoms with Gasteiger partial charge in [0.05, 0.1) is 5.56 Å². The maximum atomic E-state index is 10.7. The molecule has 0 aliphatic rings. The lowest BCUT2D eigenvalue weighted by Gasteiger charge is -2.25. The fraction of sp³-hybridized carbons (Fsp3) is 0.533. The van der Waals surface area contributed by atoms with Crippen molar-refractivity contribution in [3.8, 4) is 5.75 Å². The Labute approximate surface area is 115 Å². The molecule has 0 amide bonds. The Morgan fingerprint density at radius 2 is 1.89 bits per heavy atom. The number of carboxylic acids is 1. The van der Waals surface area contributed by atoms with Gasteiger partial charge in [-0.05, 0) is 51.1 Å². The molecule has 0 radical (unpaired) electrons. The van der Waals surface area contributed by atoms with Crippen LogP contribution >= 0.6 is 0 Å². The van der Waals surface area contributed by atoms with E-state index in [4.69, 9.17) is 9.84 Å². The van der Waals surface area contributed by atoms with E-state index in [1.807, 2.05) is 0 Å². The van der Waals surface area contributed by atoms with Crippen molar-refractivity contribution in [3.63, 3.8) is 0 Å². The first kappa shape index (κ1) is 15.5. The van der Waals surface area contributed by atoms with Gasteiger partial charge in [0, 0.05) is 12.6 Å². The van der Waals surface area contributed by atoms with Gasteiger partial charge in [0.2, 0.25) is 0 Å². The second-order valence-electron chi connectivity index (χ2n) is 4.81. The summed E-state index contributed by atoms with van der Waals surface area (Å²) >= 11 is 0. The van der Waals surface area contributed by atoms with E-state index in [1.54, 1.807) is 24.3 Å². The van der Waals surface area contributed by atoms with Crippen LogP contribution in [0, 0.1) is 0 Å². The summed E-state index contributed by atoms with van der Waals surface area (Å²) in [5.41, 5.74) is 0.280. The zero-order valence-corrected chi connectivity index (χ0v) is 11.9. The number of carbonyl (C=O) groups is 1.